The molecular formula is C12H18FNO. The molecule has 1 aromatic rings. The monoisotopic (exact) mass is 211 g/mol. The highest BCUT2D eigenvalue weighted by molar-refractivity contribution is 5.17. The molecule has 15 heavy (non-hydrogen) atoms. The lowest BCUT2D eigenvalue weighted by atomic mass is 10.0. The third kappa shape index (κ3) is 4.40. The van der Waals surface area contributed by atoms with Gasteiger partial charge in [0.15, 0.2) is 0 Å². The highest BCUT2D eigenvalue weighted by atomic mass is 19.1. The quantitative estimate of drug-likeness (QED) is 0.809. The van der Waals surface area contributed by atoms with Crippen molar-refractivity contribution in [3.63, 3.8) is 0 Å². The van der Waals surface area contributed by atoms with Crippen LogP contribution in [-0.2, 0) is 11.2 Å². The molecular weight excluding hydrogens is 193 g/mol. The zero-order chi connectivity index (χ0) is 11.3. The third-order valence-electron chi connectivity index (χ3n) is 2.42. The summed E-state index contributed by atoms with van der Waals surface area (Å²) in [5.74, 6) is -0.209. The summed E-state index contributed by atoms with van der Waals surface area (Å²) >= 11 is 0. The van der Waals surface area contributed by atoms with Crippen molar-refractivity contribution in [2.45, 2.75) is 31.9 Å². The lowest BCUT2D eigenvalue weighted by Crippen LogP contribution is -2.27. The second kappa shape index (κ2) is 5.83. The number of rotatable bonds is 5. The summed E-state index contributed by atoms with van der Waals surface area (Å²) in [6, 6.07) is 6.57. The fourth-order valence-corrected chi connectivity index (χ4v) is 1.57. The molecule has 0 aliphatic rings. The van der Waals surface area contributed by atoms with Crippen LogP contribution in [0.1, 0.15) is 18.9 Å². The van der Waals surface area contributed by atoms with Crippen LogP contribution < -0.4 is 5.73 Å². The van der Waals surface area contributed by atoms with Crippen molar-refractivity contribution in [3.05, 3.63) is 35.6 Å². The van der Waals surface area contributed by atoms with Crippen molar-refractivity contribution < 1.29 is 9.13 Å². The largest absolute Gasteiger partial charge is 0.382 e. The minimum Gasteiger partial charge on any atom is -0.382 e. The van der Waals surface area contributed by atoms with Crippen LogP contribution >= 0.6 is 0 Å². The van der Waals surface area contributed by atoms with Crippen LogP contribution in [0, 0.1) is 5.82 Å². The number of benzene rings is 1. The maximum Gasteiger partial charge on any atom is 0.123 e. The van der Waals surface area contributed by atoms with E-state index in [-0.39, 0.29) is 18.0 Å². The second-order valence-corrected chi connectivity index (χ2v) is 3.88. The van der Waals surface area contributed by atoms with Crippen molar-refractivity contribution in [1.82, 2.24) is 0 Å². The summed E-state index contributed by atoms with van der Waals surface area (Å²) in [5, 5.41) is 0. The summed E-state index contributed by atoms with van der Waals surface area (Å²) in [4.78, 5) is 0. The normalized spacial score (nSPS) is 14.9. The Morgan fingerprint density at radius 1 is 1.47 bits per heavy atom. The maximum absolute atomic E-state index is 12.9. The molecule has 0 aliphatic heterocycles. The van der Waals surface area contributed by atoms with Crippen LogP contribution in [0.5, 0.6) is 0 Å². The molecule has 0 fully saturated rings. The van der Waals surface area contributed by atoms with Gasteiger partial charge in [0.1, 0.15) is 5.82 Å². The minimum atomic E-state index is -0.209. The molecule has 2 N–H and O–H groups in total. The number of halogens is 1. The van der Waals surface area contributed by atoms with Crippen LogP contribution in [0.4, 0.5) is 4.39 Å². The zero-order valence-electron chi connectivity index (χ0n) is 9.24. The molecule has 0 aliphatic carbocycles. The lowest BCUT2D eigenvalue weighted by molar-refractivity contribution is 0.104. The van der Waals surface area contributed by atoms with Gasteiger partial charge in [-0.05, 0) is 37.5 Å². The smallest absolute Gasteiger partial charge is 0.123 e. The molecule has 0 heterocycles. The van der Waals surface area contributed by atoms with Gasteiger partial charge in [-0.25, -0.2) is 4.39 Å². The van der Waals surface area contributed by atoms with E-state index in [1.807, 2.05) is 13.0 Å². The molecule has 0 saturated carbocycles. The van der Waals surface area contributed by atoms with Crippen molar-refractivity contribution >= 4 is 0 Å². The van der Waals surface area contributed by atoms with Gasteiger partial charge in [0.2, 0.25) is 0 Å². The van der Waals surface area contributed by atoms with Gasteiger partial charge in [-0.1, -0.05) is 12.1 Å². The van der Waals surface area contributed by atoms with E-state index < -0.39 is 0 Å². The molecule has 2 nitrogen and oxygen atoms in total. The topological polar surface area (TPSA) is 35.2 Å². The van der Waals surface area contributed by atoms with Gasteiger partial charge >= 0.3 is 0 Å². The second-order valence-electron chi connectivity index (χ2n) is 3.88. The van der Waals surface area contributed by atoms with Crippen LogP contribution in [-0.4, -0.2) is 19.3 Å². The molecule has 0 spiro atoms. The van der Waals surface area contributed by atoms with Crippen LogP contribution in [0.25, 0.3) is 0 Å². The zero-order valence-corrected chi connectivity index (χ0v) is 9.24. The molecule has 1 rings (SSSR count). The molecule has 84 valence electrons. The molecule has 0 bridgehead atoms. The average molecular weight is 211 g/mol. The van der Waals surface area contributed by atoms with E-state index in [0.29, 0.717) is 6.42 Å². The number of nitrogens with two attached hydrogens (primary N) is 1. The van der Waals surface area contributed by atoms with Gasteiger partial charge in [-0.2, -0.15) is 0 Å². The van der Waals surface area contributed by atoms with Gasteiger partial charge in [-0.15, -0.1) is 0 Å². The fourth-order valence-electron chi connectivity index (χ4n) is 1.57. The number of methoxy groups -OCH3 is 1. The first kappa shape index (κ1) is 12.1. The Morgan fingerprint density at radius 3 is 2.80 bits per heavy atom. The van der Waals surface area contributed by atoms with Gasteiger partial charge < -0.3 is 10.5 Å². The first-order valence-electron chi connectivity index (χ1n) is 5.14. The van der Waals surface area contributed by atoms with Crippen LogP contribution in [0.2, 0.25) is 0 Å². The standard InChI is InChI=1S/C12H18FNO/c1-9(15-2)6-12(14)8-10-4-3-5-11(13)7-10/h3-5,7,9,12H,6,8,14H2,1-2H3. The van der Waals surface area contributed by atoms with Gasteiger partial charge in [0.25, 0.3) is 0 Å². The van der Waals surface area contributed by atoms with E-state index in [2.05, 4.69) is 0 Å². The summed E-state index contributed by atoms with van der Waals surface area (Å²) in [5.41, 5.74) is 6.87. The van der Waals surface area contributed by atoms with Crippen molar-refractivity contribution in [1.29, 1.82) is 0 Å². The SMILES string of the molecule is COC(C)CC(N)Cc1cccc(F)c1. The Bertz CT molecular complexity index is 303. The highest BCUT2D eigenvalue weighted by Crippen LogP contribution is 2.09. The number of ether oxygens (including phenoxy) is 1. The van der Waals surface area contributed by atoms with Crippen molar-refractivity contribution in [3.8, 4) is 0 Å². The first-order chi connectivity index (χ1) is 7.11. The molecule has 2 atom stereocenters. The van der Waals surface area contributed by atoms with E-state index in [1.54, 1.807) is 13.2 Å². The van der Waals surface area contributed by atoms with Crippen molar-refractivity contribution in [2.75, 3.05) is 7.11 Å². The Balaban J connectivity index is 2.47. The summed E-state index contributed by atoms with van der Waals surface area (Å²) in [7, 11) is 1.67. The average Bonchev–Trinajstić information content (AvgIpc) is 2.17. The summed E-state index contributed by atoms with van der Waals surface area (Å²) in [6.07, 6.45) is 1.62. The van der Waals surface area contributed by atoms with Gasteiger partial charge in [0.05, 0.1) is 6.10 Å². The highest BCUT2D eigenvalue weighted by Gasteiger charge is 2.09. The first-order valence-corrected chi connectivity index (χ1v) is 5.14. The minimum absolute atomic E-state index is 0.0155. The van der Waals surface area contributed by atoms with E-state index >= 15 is 0 Å². The predicted molar refractivity (Wildman–Crippen MR) is 59.2 cm³/mol. The number of hydrogen-bond acceptors (Lipinski definition) is 2. The van der Waals surface area contributed by atoms with Crippen molar-refractivity contribution in [2.24, 2.45) is 5.73 Å². The summed E-state index contributed by atoms with van der Waals surface area (Å²) < 4.78 is 18.0. The molecule has 3 heteroatoms. The van der Waals surface area contributed by atoms with E-state index in [4.69, 9.17) is 10.5 Å². The molecule has 2 unspecified atom stereocenters. The maximum atomic E-state index is 12.9. The Labute approximate surface area is 90.2 Å². The fraction of sp³-hybridized carbons (Fsp3) is 0.500. The predicted octanol–water partition coefficient (Wildman–Crippen LogP) is 2.12. The Kier molecular flexibility index (Phi) is 4.72. The Morgan fingerprint density at radius 2 is 2.20 bits per heavy atom. The van der Waals surface area contributed by atoms with Crippen LogP contribution in [0.3, 0.4) is 0 Å². The molecule has 1 aromatic carbocycles. The third-order valence-corrected chi connectivity index (χ3v) is 2.42. The summed E-state index contributed by atoms with van der Waals surface area (Å²) in [6.45, 7) is 1.98. The molecule has 0 aromatic heterocycles. The van der Waals surface area contributed by atoms with Gasteiger partial charge in [-0.3, -0.25) is 0 Å². The van der Waals surface area contributed by atoms with E-state index in [9.17, 15) is 4.39 Å². The van der Waals surface area contributed by atoms with Crippen LogP contribution in [0.15, 0.2) is 24.3 Å². The molecule has 0 saturated heterocycles. The number of hydrogen-bond donors (Lipinski definition) is 1. The van der Waals surface area contributed by atoms with E-state index in [0.717, 1.165) is 12.0 Å². The molecule has 0 radical (unpaired) electrons. The Hall–Kier alpha value is -0.930. The molecule has 0 amide bonds. The lowest BCUT2D eigenvalue weighted by Gasteiger charge is -2.16. The van der Waals surface area contributed by atoms with E-state index in [1.165, 1.54) is 12.1 Å². The van der Waals surface area contributed by atoms with Gasteiger partial charge in [0, 0.05) is 13.2 Å².